The van der Waals surface area contributed by atoms with Crippen LogP contribution in [0.1, 0.15) is 46.0 Å². The van der Waals surface area contributed by atoms with Crippen LogP contribution in [0.4, 0.5) is 4.79 Å². The maximum absolute atomic E-state index is 12.9. The predicted molar refractivity (Wildman–Crippen MR) is 110 cm³/mol. The minimum Gasteiger partial charge on any atom is -0.334 e. The summed E-state index contributed by atoms with van der Waals surface area (Å²) in [6, 6.07) is 0.553. The number of carbonyl (C=O) groups excluding carboxylic acids is 2. The van der Waals surface area contributed by atoms with Gasteiger partial charge < -0.3 is 15.1 Å². The molecule has 0 bridgehead atoms. The molecule has 3 atom stereocenters. The predicted octanol–water partition coefficient (Wildman–Crippen LogP) is 2.36. The number of ketones is 1. The molecule has 1 heterocycles. The fraction of sp³-hybridized carbons (Fsp3) is 0.810. The highest BCUT2D eigenvalue weighted by atomic mass is 16.2. The molecule has 1 aliphatic heterocycles. The van der Waals surface area contributed by atoms with Crippen molar-refractivity contribution >= 4 is 11.8 Å². The second-order valence-electron chi connectivity index (χ2n) is 8.43. The average Bonchev–Trinajstić information content (AvgIpc) is 2.60. The summed E-state index contributed by atoms with van der Waals surface area (Å²) in [6.07, 6.45) is 4.29. The van der Waals surface area contributed by atoms with Crippen molar-refractivity contribution in [2.24, 2.45) is 5.92 Å². The highest BCUT2D eigenvalue weighted by molar-refractivity contribution is 5.95. The number of urea groups is 1. The van der Waals surface area contributed by atoms with Gasteiger partial charge in [-0.05, 0) is 57.8 Å². The van der Waals surface area contributed by atoms with Crippen molar-refractivity contribution in [2.45, 2.75) is 58.0 Å². The van der Waals surface area contributed by atoms with Gasteiger partial charge in [-0.3, -0.25) is 9.69 Å². The van der Waals surface area contributed by atoms with Crippen molar-refractivity contribution in [1.29, 1.82) is 0 Å². The SMILES string of the molecule is C=C1C[C@@H]2[C@@H](CC1=O)C[C@H](NC(=O)N(CCC)CCN(C)C)CN2CCC. The van der Waals surface area contributed by atoms with Crippen LogP contribution in [0.25, 0.3) is 0 Å². The van der Waals surface area contributed by atoms with Crippen LogP contribution in [0.2, 0.25) is 0 Å². The molecule has 2 aliphatic rings. The first-order valence-electron chi connectivity index (χ1n) is 10.5. The van der Waals surface area contributed by atoms with E-state index in [0.29, 0.717) is 18.4 Å². The topological polar surface area (TPSA) is 55.9 Å². The molecule has 2 amide bonds. The molecule has 154 valence electrons. The number of hydrogen-bond acceptors (Lipinski definition) is 4. The Hall–Kier alpha value is -1.40. The Balaban J connectivity index is 2.01. The number of likely N-dealkylation sites (N-methyl/N-ethyl adjacent to an activating group) is 1. The molecule has 0 radical (unpaired) electrons. The van der Waals surface area contributed by atoms with Gasteiger partial charge in [0.15, 0.2) is 5.78 Å². The van der Waals surface area contributed by atoms with Gasteiger partial charge in [-0.25, -0.2) is 4.79 Å². The van der Waals surface area contributed by atoms with Crippen molar-refractivity contribution in [1.82, 2.24) is 20.0 Å². The zero-order valence-corrected chi connectivity index (χ0v) is 17.7. The van der Waals surface area contributed by atoms with Gasteiger partial charge in [0.1, 0.15) is 0 Å². The van der Waals surface area contributed by atoms with Gasteiger partial charge in [0.2, 0.25) is 0 Å². The third kappa shape index (κ3) is 6.04. The number of Topliss-reactive ketones (excluding diaryl/α,β-unsaturated/α-hetero) is 1. The van der Waals surface area contributed by atoms with Gasteiger partial charge >= 0.3 is 6.03 Å². The highest BCUT2D eigenvalue weighted by Gasteiger charge is 2.41. The Labute approximate surface area is 164 Å². The number of rotatable bonds is 8. The Bertz CT molecular complexity index is 534. The lowest BCUT2D eigenvalue weighted by Crippen LogP contribution is -2.59. The number of fused-ring (bicyclic) bond motifs is 1. The van der Waals surface area contributed by atoms with Crippen molar-refractivity contribution < 1.29 is 9.59 Å². The standard InChI is InChI=1S/C21H38N4O2/c1-6-8-24(11-10-23(4)5)21(27)22-18-13-17-14-20(26)16(3)12-19(17)25(15-18)9-7-2/h17-19H,3,6-15H2,1-2,4-5H3,(H,22,27)/t17-,18+,19-/m1/s1. The highest BCUT2D eigenvalue weighted by Crippen LogP contribution is 2.35. The van der Waals surface area contributed by atoms with Crippen molar-refractivity contribution in [2.75, 3.05) is 46.8 Å². The molecule has 0 aromatic rings. The molecule has 0 aromatic heterocycles. The minimum absolute atomic E-state index is 0.0325. The quantitative estimate of drug-likeness (QED) is 0.659. The van der Waals surface area contributed by atoms with Gasteiger partial charge in [-0.15, -0.1) is 0 Å². The van der Waals surface area contributed by atoms with E-state index in [9.17, 15) is 9.59 Å². The maximum atomic E-state index is 12.9. The van der Waals surface area contributed by atoms with E-state index in [2.05, 4.69) is 35.5 Å². The molecule has 1 N–H and O–H groups in total. The molecule has 0 aromatic carbocycles. The van der Waals surface area contributed by atoms with Gasteiger partial charge in [0.05, 0.1) is 0 Å². The van der Waals surface area contributed by atoms with Crippen LogP contribution in [0.5, 0.6) is 0 Å². The third-order valence-electron chi connectivity index (χ3n) is 5.79. The Morgan fingerprint density at radius 3 is 2.56 bits per heavy atom. The summed E-state index contributed by atoms with van der Waals surface area (Å²) in [5.74, 6) is 0.535. The second-order valence-corrected chi connectivity index (χ2v) is 8.43. The van der Waals surface area contributed by atoms with Gasteiger partial charge in [0.25, 0.3) is 0 Å². The van der Waals surface area contributed by atoms with E-state index in [0.717, 1.165) is 64.0 Å². The second kappa shape index (κ2) is 10.2. The van der Waals surface area contributed by atoms with E-state index in [1.54, 1.807) is 0 Å². The molecular weight excluding hydrogens is 340 g/mol. The van der Waals surface area contributed by atoms with E-state index in [4.69, 9.17) is 0 Å². The van der Waals surface area contributed by atoms with E-state index in [1.807, 2.05) is 19.0 Å². The minimum atomic E-state index is 0.0325. The summed E-state index contributed by atoms with van der Waals surface area (Å²) in [6.45, 7) is 12.5. The van der Waals surface area contributed by atoms with Gasteiger partial charge in [-0.2, -0.15) is 0 Å². The Morgan fingerprint density at radius 2 is 1.93 bits per heavy atom. The molecule has 0 unspecified atom stereocenters. The summed E-state index contributed by atoms with van der Waals surface area (Å²) in [4.78, 5) is 31.5. The van der Waals surface area contributed by atoms with Crippen LogP contribution in [0, 0.1) is 5.92 Å². The summed E-state index contributed by atoms with van der Waals surface area (Å²) in [7, 11) is 4.06. The smallest absolute Gasteiger partial charge is 0.317 e. The van der Waals surface area contributed by atoms with Gasteiger partial charge in [-0.1, -0.05) is 20.4 Å². The summed E-state index contributed by atoms with van der Waals surface area (Å²) >= 11 is 0. The van der Waals surface area contributed by atoms with Crippen LogP contribution in [-0.4, -0.2) is 85.4 Å². The normalized spacial score (nSPS) is 26.2. The Kier molecular flexibility index (Phi) is 8.29. The number of carbonyl (C=O) groups is 2. The fourth-order valence-corrected chi connectivity index (χ4v) is 4.40. The first-order chi connectivity index (χ1) is 12.8. The zero-order valence-electron chi connectivity index (χ0n) is 17.7. The van der Waals surface area contributed by atoms with Crippen LogP contribution < -0.4 is 5.32 Å². The maximum Gasteiger partial charge on any atom is 0.317 e. The lowest BCUT2D eigenvalue weighted by atomic mass is 9.74. The molecular formula is C21H38N4O2. The number of nitrogens with zero attached hydrogens (tertiary/aromatic N) is 3. The van der Waals surface area contributed by atoms with E-state index < -0.39 is 0 Å². The summed E-state index contributed by atoms with van der Waals surface area (Å²) < 4.78 is 0. The molecule has 27 heavy (non-hydrogen) atoms. The van der Waals surface area contributed by atoms with E-state index in [1.165, 1.54) is 0 Å². The van der Waals surface area contributed by atoms with Crippen LogP contribution in [0.15, 0.2) is 12.2 Å². The number of amides is 2. The molecule has 1 saturated carbocycles. The van der Waals surface area contributed by atoms with Crippen molar-refractivity contribution in [3.63, 3.8) is 0 Å². The lowest BCUT2D eigenvalue weighted by Gasteiger charge is -2.47. The largest absolute Gasteiger partial charge is 0.334 e. The fourth-order valence-electron chi connectivity index (χ4n) is 4.40. The van der Waals surface area contributed by atoms with Crippen LogP contribution in [-0.2, 0) is 4.79 Å². The van der Waals surface area contributed by atoms with Crippen molar-refractivity contribution in [3.8, 4) is 0 Å². The number of hydrogen-bond donors (Lipinski definition) is 1. The summed E-state index contributed by atoms with van der Waals surface area (Å²) in [5.41, 5.74) is 0.776. The molecule has 1 aliphatic carbocycles. The van der Waals surface area contributed by atoms with Crippen molar-refractivity contribution in [3.05, 3.63) is 12.2 Å². The molecule has 1 saturated heterocycles. The molecule has 0 spiro atoms. The first kappa shape index (κ1) is 21.9. The number of piperidine rings is 1. The van der Waals surface area contributed by atoms with E-state index >= 15 is 0 Å². The zero-order chi connectivity index (χ0) is 20.0. The molecule has 2 fully saturated rings. The number of likely N-dealkylation sites (tertiary alicyclic amines) is 1. The summed E-state index contributed by atoms with van der Waals surface area (Å²) in [5, 5.41) is 3.27. The van der Waals surface area contributed by atoms with Crippen LogP contribution >= 0.6 is 0 Å². The Morgan fingerprint density at radius 1 is 1.19 bits per heavy atom. The van der Waals surface area contributed by atoms with E-state index in [-0.39, 0.29) is 17.9 Å². The third-order valence-corrected chi connectivity index (χ3v) is 5.79. The van der Waals surface area contributed by atoms with Crippen LogP contribution in [0.3, 0.4) is 0 Å². The lowest BCUT2D eigenvalue weighted by molar-refractivity contribution is -0.119. The molecule has 6 nitrogen and oxygen atoms in total. The number of nitrogens with one attached hydrogen (secondary N) is 1. The molecule has 6 heteroatoms. The first-order valence-corrected chi connectivity index (χ1v) is 10.5. The van der Waals surface area contributed by atoms with Gasteiger partial charge in [0, 0.05) is 44.7 Å². The molecule has 2 rings (SSSR count). The monoisotopic (exact) mass is 378 g/mol. The average molecular weight is 379 g/mol.